The molecule has 0 atom stereocenters. The van der Waals surface area contributed by atoms with Crippen molar-refractivity contribution in [3.8, 4) is 0 Å². The number of aryl methyl sites for hydroxylation is 1. The van der Waals surface area contributed by atoms with Crippen molar-refractivity contribution < 1.29 is 4.74 Å². The Balaban J connectivity index is 2.03. The summed E-state index contributed by atoms with van der Waals surface area (Å²) in [7, 11) is 0. The molecule has 5 heteroatoms. The first-order valence-corrected chi connectivity index (χ1v) is 6.96. The number of nitrogens with zero attached hydrogens (tertiary/aromatic N) is 2. The summed E-state index contributed by atoms with van der Waals surface area (Å²) in [5.74, 6) is 1.30. The van der Waals surface area contributed by atoms with Gasteiger partial charge in [-0.05, 0) is 19.4 Å². The van der Waals surface area contributed by atoms with Gasteiger partial charge in [-0.15, -0.1) is 0 Å². The molecular weight excluding hydrogens is 274 g/mol. The second-order valence-electron chi connectivity index (χ2n) is 4.47. The molecule has 0 spiro atoms. The molecule has 2 rings (SSSR count). The third kappa shape index (κ3) is 4.47. The van der Waals surface area contributed by atoms with Crippen LogP contribution in [-0.2, 0) is 17.9 Å². The Morgan fingerprint density at radius 3 is 2.85 bits per heavy atom. The Morgan fingerprint density at radius 1 is 1.25 bits per heavy atom. The molecule has 1 aromatic heterocycles. The first-order valence-electron chi connectivity index (χ1n) is 6.58. The standard InChI is InChI=1S/C15H18ClN3O/c1-3-20-10-15-18-13(16)8-14(19-15)17-9-12-6-4-5-11(2)7-12/h4-8H,3,9-10H2,1-2H3,(H,17,18,19). The summed E-state index contributed by atoms with van der Waals surface area (Å²) in [5.41, 5.74) is 2.44. The molecule has 0 aliphatic heterocycles. The zero-order valence-electron chi connectivity index (χ0n) is 11.7. The number of aromatic nitrogens is 2. The topological polar surface area (TPSA) is 47.0 Å². The minimum absolute atomic E-state index is 0.371. The van der Waals surface area contributed by atoms with E-state index in [-0.39, 0.29) is 0 Å². The fourth-order valence-electron chi connectivity index (χ4n) is 1.83. The number of ether oxygens (including phenoxy) is 1. The molecule has 0 aliphatic carbocycles. The number of rotatable bonds is 6. The molecule has 1 N–H and O–H groups in total. The van der Waals surface area contributed by atoms with Crippen molar-refractivity contribution in [2.75, 3.05) is 11.9 Å². The number of halogens is 1. The second-order valence-corrected chi connectivity index (χ2v) is 4.86. The fraction of sp³-hybridized carbons (Fsp3) is 0.333. The summed E-state index contributed by atoms with van der Waals surface area (Å²) < 4.78 is 5.30. The molecule has 1 aromatic carbocycles. The summed E-state index contributed by atoms with van der Waals surface area (Å²) in [6.07, 6.45) is 0. The molecule has 0 saturated carbocycles. The fourth-order valence-corrected chi connectivity index (χ4v) is 2.03. The van der Waals surface area contributed by atoms with Crippen LogP contribution in [-0.4, -0.2) is 16.6 Å². The van der Waals surface area contributed by atoms with Crippen molar-refractivity contribution in [2.24, 2.45) is 0 Å². The lowest BCUT2D eigenvalue weighted by molar-refractivity contribution is 0.128. The highest BCUT2D eigenvalue weighted by atomic mass is 35.5. The van der Waals surface area contributed by atoms with E-state index in [9.17, 15) is 0 Å². The molecule has 0 bridgehead atoms. The summed E-state index contributed by atoms with van der Waals surface area (Å²) in [4.78, 5) is 8.51. The summed E-state index contributed by atoms with van der Waals surface area (Å²) in [6, 6.07) is 10.0. The number of nitrogens with one attached hydrogen (secondary N) is 1. The smallest absolute Gasteiger partial charge is 0.158 e. The maximum absolute atomic E-state index is 5.99. The maximum Gasteiger partial charge on any atom is 0.158 e. The lowest BCUT2D eigenvalue weighted by atomic mass is 10.1. The molecule has 0 saturated heterocycles. The average Bonchev–Trinajstić information content (AvgIpc) is 2.42. The van der Waals surface area contributed by atoms with Crippen molar-refractivity contribution in [1.29, 1.82) is 0 Å². The normalized spacial score (nSPS) is 10.6. The largest absolute Gasteiger partial charge is 0.374 e. The molecule has 106 valence electrons. The molecule has 0 radical (unpaired) electrons. The van der Waals surface area contributed by atoms with E-state index in [1.54, 1.807) is 6.07 Å². The first kappa shape index (κ1) is 14.8. The van der Waals surface area contributed by atoms with E-state index in [4.69, 9.17) is 16.3 Å². The monoisotopic (exact) mass is 291 g/mol. The van der Waals surface area contributed by atoms with Crippen LogP contribution in [0.2, 0.25) is 5.15 Å². The number of hydrogen-bond acceptors (Lipinski definition) is 4. The molecule has 0 fully saturated rings. The first-order chi connectivity index (χ1) is 9.67. The molecule has 2 aromatic rings. The van der Waals surface area contributed by atoms with E-state index in [1.807, 2.05) is 13.0 Å². The quantitative estimate of drug-likeness (QED) is 0.826. The van der Waals surface area contributed by atoms with Gasteiger partial charge in [-0.3, -0.25) is 0 Å². The van der Waals surface area contributed by atoms with Gasteiger partial charge < -0.3 is 10.1 Å². The molecule has 0 amide bonds. The Kier molecular flexibility index (Phi) is 5.32. The van der Waals surface area contributed by atoms with E-state index in [0.717, 1.165) is 0 Å². The zero-order valence-corrected chi connectivity index (χ0v) is 12.4. The average molecular weight is 292 g/mol. The van der Waals surface area contributed by atoms with Crippen LogP contribution in [0.1, 0.15) is 23.9 Å². The number of anilines is 1. The Morgan fingerprint density at radius 2 is 2.10 bits per heavy atom. The van der Waals surface area contributed by atoms with Crippen LogP contribution in [0.25, 0.3) is 0 Å². The predicted octanol–water partition coefficient (Wildman–Crippen LogP) is 3.59. The van der Waals surface area contributed by atoms with Crippen LogP contribution in [0.3, 0.4) is 0 Å². The minimum Gasteiger partial charge on any atom is -0.374 e. The summed E-state index contributed by atoms with van der Waals surface area (Å²) >= 11 is 5.99. The van der Waals surface area contributed by atoms with Crippen molar-refractivity contribution in [3.05, 3.63) is 52.4 Å². The van der Waals surface area contributed by atoms with Crippen molar-refractivity contribution >= 4 is 17.4 Å². The number of hydrogen-bond donors (Lipinski definition) is 1. The van der Waals surface area contributed by atoms with Gasteiger partial charge in [0, 0.05) is 19.2 Å². The van der Waals surface area contributed by atoms with Gasteiger partial charge in [-0.25, -0.2) is 9.97 Å². The Hall–Kier alpha value is -1.65. The van der Waals surface area contributed by atoms with Gasteiger partial charge in [0.05, 0.1) is 0 Å². The van der Waals surface area contributed by atoms with E-state index in [1.165, 1.54) is 11.1 Å². The number of benzene rings is 1. The minimum atomic E-state index is 0.371. The van der Waals surface area contributed by atoms with Crippen LogP contribution in [0.15, 0.2) is 30.3 Å². The molecular formula is C15H18ClN3O. The molecule has 4 nitrogen and oxygen atoms in total. The highest BCUT2D eigenvalue weighted by Crippen LogP contribution is 2.14. The van der Waals surface area contributed by atoms with Gasteiger partial charge in [0.1, 0.15) is 17.6 Å². The lowest BCUT2D eigenvalue weighted by Gasteiger charge is -2.08. The Bertz CT molecular complexity index is 575. The van der Waals surface area contributed by atoms with E-state index < -0.39 is 0 Å². The van der Waals surface area contributed by atoms with Gasteiger partial charge in [0.2, 0.25) is 0 Å². The third-order valence-electron chi connectivity index (χ3n) is 2.73. The second kappa shape index (κ2) is 7.22. The van der Waals surface area contributed by atoms with Crippen molar-refractivity contribution in [1.82, 2.24) is 9.97 Å². The highest BCUT2D eigenvalue weighted by molar-refractivity contribution is 6.29. The van der Waals surface area contributed by atoms with Crippen LogP contribution < -0.4 is 5.32 Å². The summed E-state index contributed by atoms with van der Waals surface area (Å²) in [6.45, 7) is 5.70. The third-order valence-corrected chi connectivity index (χ3v) is 2.93. The highest BCUT2D eigenvalue weighted by Gasteiger charge is 2.03. The lowest BCUT2D eigenvalue weighted by Crippen LogP contribution is -2.06. The van der Waals surface area contributed by atoms with E-state index in [0.29, 0.717) is 36.6 Å². The van der Waals surface area contributed by atoms with Crippen molar-refractivity contribution in [2.45, 2.75) is 27.0 Å². The molecule has 1 heterocycles. The van der Waals surface area contributed by atoms with Gasteiger partial charge in [-0.1, -0.05) is 41.4 Å². The molecule has 0 unspecified atom stereocenters. The zero-order chi connectivity index (χ0) is 14.4. The van der Waals surface area contributed by atoms with E-state index in [2.05, 4.69) is 40.4 Å². The SMILES string of the molecule is CCOCc1nc(Cl)cc(NCc2cccc(C)c2)n1. The maximum atomic E-state index is 5.99. The van der Waals surface area contributed by atoms with Gasteiger partial charge in [0.25, 0.3) is 0 Å². The van der Waals surface area contributed by atoms with Crippen LogP contribution >= 0.6 is 11.6 Å². The van der Waals surface area contributed by atoms with Crippen LogP contribution in [0, 0.1) is 6.92 Å². The van der Waals surface area contributed by atoms with Crippen LogP contribution in [0.4, 0.5) is 5.82 Å². The Labute approximate surface area is 124 Å². The molecule has 20 heavy (non-hydrogen) atoms. The van der Waals surface area contributed by atoms with E-state index >= 15 is 0 Å². The van der Waals surface area contributed by atoms with Gasteiger partial charge >= 0.3 is 0 Å². The molecule has 0 aliphatic rings. The summed E-state index contributed by atoms with van der Waals surface area (Å²) in [5, 5.41) is 3.67. The van der Waals surface area contributed by atoms with Gasteiger partial charge in [-0.2, -0.15) is 0 Å². The van der Waals surface area contributed by atoms with Crippen LogP contribution in [0.5, 0.6) is 0 Å². The van der Waals surface area contributed by atoms with Gasteiger partial charge in [0.15, 0.2) is 5.82 Å². The van der Waals surface area contributed by atoms with Crippen molar-refractivity contribution in [3.63, 3.8) is 0 Å². The predicted molar refractivity (Wildman–Crippen MR) is 80.9 cm³/mol.